The zero-order valence-electron chi connectivity index (χ0n) is 15.9. The molecule has 2 aliphatic rings. The number of ether oxygens (including phenoxy) is 1. The number of halogens is 1. The summed E-state index contributed by atoms with van der Waals surface area (Å²) in [7, 11) is 3.79. The third-order valence-corrected chi connectivity index (χ3v) is 6.04. The number of aromatic nitrogens is 2. The van der Waals surface area contributed by atoms with Crippen LogP contribution in [0.2, 0.25) is 0 Å². The lowest BCUT2D eigenvalue weighted by Crippen LogP contribution is -2.49. The number of benzene rings is 1. The molecule has 1 unspecified atom stereocenters. The number of hydrogen-bond acceptors (Lipinski definition) is 3. The molecule has 1 aliphatic heterocycles. The topological polar surface area (TPSA) is 54.7 Å². The normalized spacial score (nSPS) is 22.0. The van der Waals surface area contributed by atoms with Crippen molar-refractivity contribution in [1.82, 2.24) is 20.0 Å². The first-order valence-corrected chi connectivity index (χ1v) is 10.2. The summed E-state index contributed by atoms with van der Waals surface area (Å²) in [4.78, 5) is 6.82. The number of hydrogen-bond donors (Lipinski definition) is 1. The predicted molar refractivity (Wildman–Crippen MR) is 110 cm³/mol. The van der Waals surface area contributed by atoms with Crippen molar-refractivity contribution in [1.29, 1.82) is 0 Å². The van der Waals surface area contributed by atoms with Crippen molar-refractivity contribution in [2.24, 2.45) is 12.0 Å². The molecule has 2 aromatic rings. The molecule has 1 saturated heterocycles. The van der Waals surface area contributed by atoms with Crippen LogP contribution in [0.1, 0.15) is 30.1 Å². The summed E-state index contributed by atoms with van der Waals surface area (Å²) in [5, 5.41) is 7.89. The van der Waals surface area contributed by atoms with Gasteiger partial charge in [0.1, 0.15) is 6.10 Å². The minimum atomic E-state index is 0.0333. The zero-order valence-corrected chi connectivity index (χ0v) is 17.4. The van der Waals surface area contributed by atoms with Gasteiger partial charge in [-0.3, -0.25) is 9.67 Å². The summed E-state index contributed by atoms with van der Waals surface area (Å²) in [6.45, 7) is 3.23. The van der Waals surface area contributed by atoms with Gasteiger partial charge in [0, 0.05) is 48.8 Å². The predicted octanol–water partition coefficient (Wildman–Crippen LogP) is 2.86. The molecule has 0 amide bonds. The fraction of sp³-hybridized carbons (Fsp3) is 0.500. The monoisotopic (exact) mass is 431 g/mol. The summed E-state index contributed by atoms with van der Waals surface area (Å²) < 4.78 is 8.92. The summed E-state index contributed by atoms with van der Waals surface area (Å²) >= 11 is 3.60. The molecule has 1 atom stereocenters. The number of aliphatic imine (C=N–C) groups is 1. The molecule has 1 saturated carbocycles. The smallest absolute Gasteiger partial charge is 0.193 e. The molecule has 6 nitrogen and oxygen atoms in total. The van der Waals surface area contributed by atoms with Crippen LogP contribution in [-0.4, -0.2) is 53.9 Å². The fourth-order valence-corrected chi connectivity index (χ4v) is 4.17. The molecule has 2 fully saturated rings. The van der Waals surface area contributed by atoms with Crippen molar-refractivity contribution in [3.8, 4) is 0 Å². The molecule has 1 N–H and O–H groups in total. The van der Waals surface area contributed by atoms with Crippen LogP contribution < -0.4 is 5.32 Å². The molecule has 1 aromatic carbocycles. The average molecular weight is 432 g/mol. The van der Waals surface area contributed by atoms with Crippen LogP contribution in [0.4, 0.5) is 0 Å². The van der Waals surface area contributed by atoms with Gasteiger partial charge in [0.05, 0.1) is 19.3 Å². The van der Waals surface area contributed by atoms with Crippen molar-refractivity contribution < 1.29 is 4.74 Å². The van der Waals surface area contributed by atoms with Crippen LogP contribution in [0.3, 0.4) is 0 Å². The molecule has 4 rings (SSSR count). The van der Waals surface area contributed by atoms with Gasteiger partial charge in [0.25, 0.3) is 0 Å². The molecular weight excluding hydrogens is 406 g/mol. The van der Waals surface area contributed by atoms with E-state index in [-0.39, 0.29) is 11.5 Å². The first kappa shape index (κ1) is 18.5. The van der Waals surface area contributed by atoms with Gasteiger partial charge in [-0.25, -0.2) is 0 Å². The van der Waals surface area contributed by atoms with Gasteiger partial charge in [-0.2, -0.15) is 5.10 Å². The summed E-state index contributed by atoms with van der Waals surface area (Å²) in [5.41, 5.74) is 2.75. The highest BCUT2D eigenvalue weighted by molar-refractivity contribution is 9.10. The largest absolute Gasteiger partial charge is 0.370 e. The Morgan fingerprint density at radius 1 is 1.44 bits per heavy atom. The molecule has 1 aliphatic carbocycles. The molecule has 0 bridgehead atoms. The van der Waals surface area contributed by atoms with E-state index in [1.165, 1.54) is 18.4 Å². The van der Waals surface area contributed by atoms with Gasteiger partial charge in [-0.1, -0.05) is 28.1 Å². The minimum absolute atomic E-state index is 0.0333. The summed E-state index contributed by atoms with van der Waals surface area (Å²) in [5.74, 6) is 0.952. The zero-order chi connectivity index (χ0) is 18.9. The number of nitrogens with one attached hydrogen (secondary N) is 1. The molecule has 27 heavy (non-hydrogen) atoms. The van der Waals surface area contributed by atoms with E-state index in [0.717, 1.165) is 35.6 Å². The molecule has 0 radical (unpaired) electrons. The van der Waals surface area contributed by atoms with Gasteiger partial charge in [0.15, 0.2) is 5.96 Å². The fourth-order valence-electron chi connectivity index (χ4n) is 3.77. The van der Waals surface area contributed by atoms with Crippen molar-refractivity contribution in [2.75, 3.05) is 33.3 Å². The van der Waals surface area contributed by atoms with Crippen molar-refractivity contribution in [3.63, 3.8) is 0 Å². The lowest BCUT2D eigenvalue weighted by atomic mass is 9.96. The minimum Gasteiger partial charge on any atom is -0.370 e. The maximum absolute atomic E-state index is 5.96. The van der Waals surface area contributed by atoms with Crippen LogP contribution in [-0.2, 0) is 17.2 Å². The second-order valence-electron chi connectivity index (χ2n) is 7.44. The molecule has 1 aromatic heterocycles. The maximum atomic E-state index is 5.96. The number of aryl methyl sites for hydroxylation is 1. The lowest BCUT2D eigenvalue weighted by Gasteiger charge is -2.35. The van der Waals surface area contributed by atoms with Gasteiger partial charge in [0.2, 0.25) is 0 Å². The number of rotatable bonds is 4. The third-order valence-electron chi connectivity index (χ3n) is 5.55. The third kappa shape index (κ3) is 4.04. The molecule has 0 spiro atoms. The maximum Gasteiger partial charge on any atom is 0.193 e. The van der Waals surface area contributed by atoms with Crippen LogP contribution in [0.5, 0.6) is 0 Å². The van der Waals surface area contributed by atoms with Crippen LogP contribution in [0.25, 0.3) is 0 Å². The molecule has 7 heteroatoms. The molecule has 2 heterocycles. The number of morpholine rings is 1. The van der Waals surface area contributed by atoms with E-state index in [4.69, 9.17) is 4.74 Å². The van der Waals surface area contributed by atoms with E-state index in [0.29, 0.717) is 6.61 Å². The first-order valence-electron chi connectivity index (χ1n) is 9.41. The Morgan fingerprint density at radius 3 is 2.96 bits per heavy atom. The summed E-state index contributed by atoms with van der Waals surface area (Å²) in [6, 6.07) is 8.67. The Hall–Kier alpha value is -1.86. The Morgan fingerprint density at radius 2 is 2.30 bits per heavy atom. The van der Waals surface area contributed by atoms with Crippen molar-refractivity contribution >= 4 is 21.9 Å². The van der Waals surface area contributed by atoms with E-state index < -0.39 is 0 Å². The van der Waals surface area contributed by atoms with Gasteiger partial charge in [-0.05, 0) is 30.5 Å². The van der Waals surface area contributed by atoms with Crippen LogP contribution in [0.15, 0.2) is 46.1 Å². The molecule has 144 valence electrons. The van der Waals surface area contributed by atoms with E-state index in [2.05, 4.69) is 60.5 Å². The van der Waals surface area contributed by atoms with Crippen LogP contribution in [0, 0.1) is 0 Å². The lowest BCUT2D eigenvalue weighted by molar-refractivity contribution is -0.00805. The van der Waals surface area contributed by atoms with E-state index in [1.54, 1.807) is 0 Å². The number of nitrogens with zero attached hydrogens (tertiary/aromatic N) is 4. The summed E-state index contributed by atoms with van der Waals surface area (Å²) in [6.07, 6.45) is 6.38. The highest BCUT2D eigenvalue weighted by atomic mass is 79.9. The van der Waals surface area contributed by atoms with Gasteiger partial charge >= 0.3 is 0 Å². The van der Waals surface area contributed by atoms with Crippen molar-refractivity contribution in [2.45, 2.75) is 24.4 Å². The SMILES string of the molecule is CN=C(NCC1(c2cccc(Br)c2)CC1)N1CCOC(c2cnn(C)c2)C1. The quantitative estimate of drug-likeness (QED) is 0.597. The highest BCUT2D eigenvalue weighted by Gasteiger charge is 2.44. The van der Waals surface area contributed by atoms with Gasteiger partial charge in [-0.15, -0.1) is 0 Å². The van der Waals surface area contributed by atoms with E-state index >= 15 is 0 Å². The average Bonchev–Trinajstić information content (AvgIpc) is 3.35. The second kappa shape index (κ2) is 7.64. The standard InChI is InChI=1S/C20H26BrN5O/c1-22-19(23-14-20(6-7-20)16-4-3-5-17(21)10-16)26-8-9-27-18(13-26)15-11-24-25(2)12-15/h3-5,10-12,18H,6-9,13-14H2,1-2H3,(H,22,23). The Balaban J connectivity index is 1.40. The number of guanidine groups is 1. The van der Waals surface area contributed by atoms with E-state index in [9.17, 15) is 0 Å². The Bertz CT molecular complexity index is 829. The highest BCUT2D eigenvalue weighted by Crippen LogP contribution is 2.48. The van der Waals surface area contributed by atoms with E-state index in [1.807, 2.05) is 31.2 Å². The van der Waals surface area contributed by atoms with Gasteiger partial charge < -0.3 is 15.0 Å². The van der Waals surface area contributed by atoms with Crippen LogP contribution >= 0.6 is 15.9 Å². The van der Waals surface area contributed by atoms with Crippen molar-refractivity contribution in [3.05, 3.63) is 52.3 Å². The Labute approximate surface area is 168 Å². The second-order valence-corrected chi connectivity index (χ2v) is 8.36. The molecular formula is C20H26BrN5O. The Kier molecular flexibility index (Phi) is 5.23. The first-order chi connectivity index (χ1) is 13.1.